The van der Waals surface area contributed by atoms with Crippen LogP contribution in [0, 0.1) is 0 Å². The fourth-order valence-corrected chi connectivity index (χ4v) is 3.61. The third-order valence-electron chi connectivity index (χ3n) is 4.62. The lowest BCUT2D eigenvalue weighted by molar-refractivity contribution is -0.917. The number of rotatable bonds is 8. The van der Waals surface area contributed by atoms with Crippen LogP contribution in [0.1, 0.15) is 12.0 Å². The predicted octanol–water partition coefficient (Wildman–Crippen LogP) is -0.288. The number of hydrogen-bond donors (Lipinski definition) is 3. The summed E-state index contributed by atoms with van der Waals surface area (Å²) in [6, 6.07) is 6.94. The number of quaternary nitrogens is 1. The summed E-state index contributed by atoms with van der Waals surface area (Å²) in [6.07, 6.45) is 2.58. The lowest BCUT2D eigenvalue weighted by Crippen LogP contribution is -3.13. The van der Waals surface area contributed by atoms with Crippen LogP contribution in [0.4, 0.5) is 4.79 Å². The summed E-state index contributed by atoms with van der Waals surface area (Å²) in [5, 5.41) is 2.59. The van der Waals surface area contributed by atoms with Crippen molar-refractivity contribution in [2.75, 3.05) is 45.3 Å². The first-order chi connectivity index (χ1) is 12.5. The Hall–Kier alpha value is -1.93. The molecule has 1 fully saturated rings. The van der Waals surface area contributed by atoms with Gasteiger partial charge in [-0.15, -0.1) is 0 Å². The van der Waals surface area contributed by atoms with E-state index in [-0.39, 0.29) is 5.91 Å². The van der Waals surface area contributed by atoms with Gasteiger partial charge in [-0.05, 0) is 42.7 Å². The van der Waals surface area contributed by atoms with E-state index in [2.05, 4.69) is 17.4 Å². The van der Waals surface area contributed by atoms with Crippen LogP contribution in [0.2, 0.25) is 0 Å². The second kappa shape index (κ2) is 10.3. The molecule has 0 unspecified atom stereocenters. The number of nitrogens with one attached hydrogen (secondary N) is 2. The molecular formula is C18H29N4O3S+. The summed E-state index contributed by atoms with van der Waals surface area (Å²) in [4.78, 5) is 27.2. The first kappa shape index (κ1) is 20.4. The lowest BCUT2D eigenvalue weighted by Gasteiger charge is -2.34. The highest BCUT2D eigenvalue weighted by atomic mass is 32.2. The van der Waals surface area contributed by atoms with Crippen molar-refractivity contribution in [3.63, 3.8) is 0 Å². The van der Waals surface area contributed by atoms with Crippen LogP contribution in [-0.2, 0) is 11.3 Å². The Balaban J connectivity index is 1.85. The van der Waals surface area contributed by atoms with Gasteiger partial charge in [-0.2, -0.15) is 11.8 Å². The minimum atomic E-state index is -0.645. The van der Waals surface area contributed by atoms with Crippen LogP contribution in [0.25, 0.3) is 0 Å². The van der Waals surface area contributed by atoms with Gasteiger partial charge in [0.1, 0.15) is 18.3 Å². The van der Waals surface area contributed by atoms with Crippen LogP contribution < -0.4 is 20.7 Å². The molecule has 1 aliphatic rings. The summed E-state index contributed by atoms with van der Waals surface area (Å²) >= 11 is 1.65. The summed E-state index contributed by atoms with van der Waals surface area (Å²) in [5.41, 5.74) is 6.48. The quantitative estimate of drug-likeness (QED) is 0.577. The smallest absolute Gasteiger partial charge is 0.312 e. The van der Waals surface area contributed by atoms with Crippen molar-refractivity contribution in [3.8, 4) is 5.75 Å². The Bertz CT molecular complexity index is 589. The van der Waals surface area contributed by atoms with Gasteiger partial charge >= 0.3 is 6.03 Å². The van der Waals surface area contributed by atoms with Crippen molar-refractivity contribution in [2.24, 2.45) is 5.73 Å². The number of nitrogens with zero attached hydrogens (tertiary/aromatic N) is 1. The summed E-state index contributed by atoms with van der Waals surface area (Å²) in [6.45, 7) is 4.11. The van der Waals surface area contributed by atoms with Gasteiger partial charge in [0.05, 0.1) is 33.3 Å². The van der Waals surface area contributed by atoms with Gasteiger partial charge in [0.15, 0.2) is 0 Å². The molecule has 1 heterocycles. The minimum Gasteiger partial charge on any atom is -0.497 e. The largest absolute Gasteiger partial charge is 0.497 e. The first-order valence-electron chi connectivity index (χ1n) is 8.83. The van der Waals surface area contributed by atoms with E-state index in [1.807, 2.05) is 23.3 Å². The number of ether oxygens (including phenoxy) is 1. The zero-order valence-corrected chi connectivity index (χ0v) is 16.3. The predicted molar refractivity (Wildman–Crippen MR) is 103 cm³/mol. The van der Waals surface area contributed by atoms with Crippen molar-refractivity contribution in [1.29, 1.82) is 0 Å². The Labute approximate surface area is 159 Å². The molecule has 3 amide bonds. The number of carbonyl (C=O) groups excluding carboxylic acids is 2. The second-order valence-electron chi connectivity index (χ2n) is 6.44. The Morgan fingerprint density at radius 1 is 1.31 bits per heavy atom. The highest BCUT2D eigenvalue weighted by Crippen LogP contribution is 2.10. The molecule has 0 radical (unpaired) electrons. The maximum absolute atomic E-state index is 12.7. The topological polar surface area (TPSA) is 89.1 Å². The number of urea groups is 1. The normalized spacial score (nSPS) is 16.2. The Morgan fingerprint density at radius 2 is 1.96 bits per heavy atom. The summed E-state index contributed by atoms with van der Waals surface area (Å²) in [7, 11) is 1.66. The molecule has 0 saturated carbocycles. The molecule has 2 rings (SSSR count). The maximum Gasteiger partial charge on any atom is 0.312 e. The van der Waals surface area contributed by atoms with Gasteiger partial charge in [-0.25, -0.2) is 4.79 Å². The number of benzene rings is 1. The van der Waals surface area contributed by atoms with Crippen molar-refractivity contribution in [2.45, 2.75) is 19.0 Å². The van der Waals surface area contributed by atoms with Gasteiger partial charge in [0.2, 0.25) is 5.91 Å². The molecular weight excluding hydrogens is 352 g/mol. The van der Waals surface area contributed by atoms with E-state index < -0.39 is 12.1 Å². The molecule has 144 valence electrons. The van der Waals surface area contributed by atoms with Crippen LogP contribution in [0.5, 0.6) is 5.75 Å². The van der Waals surface area contributed by atoms with Gasteiger partial charge in [-0.3, -0.25) is 4.79 Å². The van der Waals surface area contributed by atoms with E-state index >= 15 is 0 Å². The highest BCUT2D eigenvalue weighted by molar-refractivity contribution is 7.98. The van der Waals surface area contributed by atoms with Crippen LogP contribution in [-0.4, -0.2) is 68.2 Å². The number of piperazine rings is 1. The average Bonchev–Trinajstić information content (AvgIpc) is 2.65. The zero-order valence-electron chi connectivity index (χ0n) is 15.5. The third-order valence-corrected chi connectivity index (χ3v) is 5.26. The summed E-state index contributed by atoms with van der Waals surface area (Å²) < 4.78 is 5.19. The van der Waals surface area contributed by atoms with Crippen molar-refractivity contribution >= 4 is 23.7 Å². The number of nitrogens with two attached hydrogens (primary N) is 1. The first-order valence-corrected chi connectivity index (χ1v) is 10.2. The molecule has 0 aromatic heterocycles. The number of thioether (sulfide) groups is 1. The van der Waals surface area contributed by atoms with Gasteiger partial charge in [0.25, 0.3) is 0 Å². The van der Waals surface area contributed by atoms with Gasteiger partial charge in [0, 0.05) is 5.56 Å². The van der Waals surface area contributed by atoms with E-state index in [0.29, 0.717) is 19.5 Å². The molecule has 1 aromatic carbocycles. The Morgan fingerprint density at radius 3 is 2.50 bits per heavy atom. The monoisotopic (exact) mass is 381 g/mol. The van der Waals surface area contributed by atoms with Crippen LogP contribution in [0.15, 0.2) is 24.3 Å². The van der Waals surface area contributed by atoms with Crippen LogP contribution >= 0.6 is 11.8 Å². The number of methoxy groups -OCH3 is 1. The highest BCUT2D eigenvalue weighted by Gasteiger charge is 2.29. The van der Waals surface area contributed by atoms with Gasteiger partial charge in [-0.1, -0.05) is 0 Å². The van der Waals surface area contributed by atoms with E-state index in [0.717, 1.165) is 31.1 Å². The SMILES string of the molecule is COc1ccc(C[NH+]2CCN(C(=O)[C@@H](CCSC)NC(N)=O)CC2)cc1. The lowest BCUT2D eigenvalue weighted by atomic mass is 10.1. The van der Waals surface area contributed by atoms with Crippen molar-refractivity contribution in [1.82, 2.24) is 10.2 Å². The van der Waals surface area contributed by atoms with E-state index in [9.17, 15) is 9.59 Å². The number of primary amides is 1. The van der Waals surface area contributed by atoms with E-state index in [4.69, 9.17) is 10.5 Å². The summed E-state index contributed by atoms with van der Waals surface area (Å²) in [5.74, 6) is 1.64. The van der Waals surface area contributed by atoms with E-state index in [1.165, 1.54) is 10.5 Å². The standard InChI is InChI=1S/C18H28N4O3S/c1-25-15-5-3-14(4-6-15)13-21-8-10-22(11-9-21)17(23)16(7-12-26-2)20-18(19)24/h3-6,16H,7-13H2,1-2H3,(H3,19,20,24)/p+1/t16-/m1/s1. The Kier molecular flexibility index (Phi) is 8.06. The van der Waals surface area contributed by atoms with E-state index in [1.54, 1.807) is 18.9 Å². The third kappa shape index (κ3) is 6.10. The molecule has 1 saturated heterocycles. The molecule has 7 nitrogen and oxygen atoms in total. The fraction of sp³-hybridized carbons (Fsp3) is 0.556. The van der Waals surface area contributed by atoms with Gasteiger partial charge < -0.3 is 25.6 Å². The van der Waals surface area contributed by atoms with Crippen LogP contribution in [0.3, 0.4) is 0 Å². The van der Waals surface area contributed by atoms with Crippen molar-refractivity contribution < 1.29 is 19.2 Å². The molecule has 0 bridgehead atoms. The molecule has 1 atom stereocenters. The second-order valence-corrected chi connectivity index (χ2v) is 7.43. The number of carbonyl (C=O) groups is 2. The molecule has 8 heteroatoms. The maximum atomic E-state index is 12.7. The number of amides is 3. The molecule has 26 heavy (non-hydrogen) atoms. The zero-order chi connectivity index (χ0) is 18.9. The molecule has 0 spiro atoms. The number of hydrogen-bond acceptors (Lipinski definition) is 4. The fourth-order valence-electron chi connectivity index (χ4n) is 3.14. The molecule has 0 aliphatic carbocycles. The average molecular weight is 382 g/mol. The van der Waals surface area contributed by atoms with Crippen molar-refractivity contribution in [3.05, 3.63) is 29.8 Å². The molecule has 1 aromatic rings. The molecule has 4 N–H and O–H groups in total. The molecule has 1 aliphatic heterocycles. The minimum absolute atomic E-state index is 0.0265.